The zero-order valence-corrected chi connectivity index (χ0v) is 17.1. The number of nitrogens with one attached hydrogen (secondary N) is 1. The Morgan fingerprint density at radius 3 is 2.52 bits per heavy atom. The Morgan fingerprint density at radius 1 is 1.03 bits per heavy atom. The molecule has 1 unspecified atom stereocenters. The summed E-state index contributed by atoms with van der Waals surface area (Å²) >= 11 is 5.85. The van der Waals surface area contributed by atoms with Crippen molar-refractivity contribution in [1.29, 1.82) is 0 Å². The monoisotopic (exact) mass is 413 g/mol. The molecule has 1 atom stereocenters. The van der Waals surface area contributed by atoms with Gasteiger partial charge in [0.25, 0.3) is 5.91 Å². The second-order valence-electron chi connectivity index (χ2n) is 7.26. The SMILES string of the molecule is CC(NC(=O)COC(=O)CCC(=O)c1ccc2c(c1)CCC2)c1ccc(Cl)cc1. The molecular formula is C23H24ClNO4. The Kier molecular flexibility index (Phi) is 7.04. The number of aryl methyl sites for hydroxylation is 2. The molecule has 0 fully saturated rings. The molecule has 0 aliphatic heterocycles. The van der Waals surface area contributed by atoms with E-state index in [2.05, 4.69) is 5.32 Å². The summed E-state index contributed by atoms with van der Waals surface area (Å²) in [6.45, 7) is 1.46. The van der Waals surface area contributed by atoms with Crippen molar-refractivity contribution in [2.45, 2.75) is 45.1 Å². The van der Waals surface area contributed by atoms with Crippen molar-refractivity contribution in [1.82, 2.24) is 5.32 Å². The highest BCUT2D eigenvalue weighted by molar-refractivity contribution is 6.30. The van der Waals surface area contributed by atoms with Crippen LogP contribution in [-0.4, -0.2) is 24.3 Å². The molecule has 29 heavy (non-hydrogen) atoms. The average Bonchev–Trinajstić information content (AvgIpc) is 3.18. The van der Waals surface area contributed by atoms with E-state index in [1.807, 2.05) is 37.3 Å². The van der Waals surface area contributed by atoms with Crippen molar-refractivity contribution in [3.05, 3.63) is 69.7 Å². The molecule has 0 saturated carbocycles. The number of rotatable bonds is 8. The van der Waals surface area contributed by atoms with Crippen LogP contribution in [0.1, 0.15) is 59.3 Å². The normalized spacial score (nSPS) is 13.4. The number of carbonyl (C=O) groups is 3. The van der Waals surface area contributed by atoms with Crippen LogP contribution in [0.4, 0.5) is 0 Å². The van der Waals surface area contributed by atoms with E-state index in [4.69, 9.17) is 16.3 Å². The van der Waals surface area contributed by atoms with Gasteiger partial charge in [0, 0.05) is 17.0 Å². The van der Waals surface area contributed by atoms with Crippen LogP contribution < -0.4 is 5.32 Å². The van der Waals surface area contributed by atoms with Crippen LogP contribution in [0.5, 0.6) is 0 Å². The molecule has 0 radical (unpaired) electrons. The molecule has 1 aliphatic carbocycles. The number of amides is 1. The van der Waals surface area contributed by atoms with Gasteiger partial charge < -0.3 is 10.1 Å². The summed E-state index contributed by atoms with van der Waals surface area (Å²) in [4.78, 5) is 36.2. The predicted molar refractivity (Wildman–Crippen MR) is 111 cm³/mol. The molecule has 0 spiro atoms. The van der Waals surface area contributed by atoms with Crippen molar-refractivity contribution < 1.29 is 19.1 Å². The van der Waals surface area contributed by atoms with Crippen LogP contribution in [0.25, 0.3) is 0 Å². The lowest BCUT2D eigenvalue weighted by Crippen LogP contribution is -2.31. The molecule has 1 N–H and O–H groups in total. The number of esters is 1. The molecule has 0 bridgehead atoms. The molecule has 152 valence electrons. The number of benzene rings is 2. The molecule has 5 nitrogen and oxygen atoms in total. The van der Waals surface area contributed by atoms with E-state index >= 15 is 0 Å². The molecule has 2 aromatic rings. The highest BCUT2D eigenvalue weighted by Crippen LogP contribution is 2.23. The van der Waals surface area contributed by atoms with E-state index in [0.29, 0.717) is 10.6 Å². The molecule has 2 aromatic carbocycles. The Balaban J connectivity index is 1.39. The van der Waals surface area contributed by atoms with Crippen molar-refractivity contribution in [2.24, 2.45) is 0 Å². The van der Waals surface area contributed by atoms with Gasteiger partial charge in [0.1, 0.15) is 0 Å². The molecule has 3 rings (SSSR count). The molecule has 0 aromatic heterocycles. The van der Waals surface area contributed by atoms with Crippen LogP contribution >= 0.6 is 11.6 Å². The molecule has 1 amide bonds. The minimum Gasteiger partial charge on any atom is -0.456 e. The smallest absolute Gasteiger partial charge is 0.306 e. The number of hydrogen-bond donors (Lipinski definition) is 1. The van der Waals surface area contributed by atoms with Crippen LogP contribution in [0.15, 0.2) is 42.5 Å². The Hall–Kier alpha value is -2.66. The van der Waals surface area contributed by atoms with Gasteiger partial charge in [0.2, 0.25) is 0 Å². The topological polar surface area (TPSA) is 72.5 Å². The average molecular weight is 414 g/mol. The van der Waals surface area contributed by atoms with E-state index < -0.39 is 11.9 Å². The fourth-order valence-electron chi connectivity index (χ4n) is 3.44. The number of halogens is 1. The minimum atomic E-state index is -0.561. The first kappa shape index (κ1) is 21.1. The fourth-order valence-corrected chi connectivity index (χ4v) is 3.57. The van der Waals surface area contributed by atoms with Crippen LogP contribution in [0, 0.1) is 0 Å². The van der Waals surface area contributed by atoms with Gasteiger partial charge in [-0.15, -0.1) is 0 Å². The number of ketones is 1. The molecule has 0 saturated heterocycles. The highest BCUT2D eigenvalue weighted by Gasteiger charge is 2.16. The number of hydrogen-bond acceptors (Lipinski definition) is 4. The summed E-state index contributed by atoms with van der Waals surface area (Å²) in [5.74, 6) is -1.04. The largest absolute Gasteiger partial charge is 0.456 e. The first-order chi connectivity index (χ1) is 13.9. The van der Waals surface area contributed by atoms with E-state index in [-0.39, 0.29) is 31.3 Å². The maximum atomic E-state index is 12.3. The minimum absolute atomic E-state index is 0.0457. The van der Waals surface area contributed by atoms with E-state index in [1.165, 1.54) is 11.1 Å². The first-order valence-corrected chi connectivity index (χ1v) is 10.2. The summed E-state index contributed by atoms with van der Waals surface area (Å²) in [7, 11) is 0. The van der Waals surface area contributed by atoms with Gasteiger partial charge in [-0.3, -0.25) is 14.4 Å². The van der Waals surface area contributed by atoms with Gasteiger partial charge in [0.15, 0.2) is 12.4 Å². The van der Waals surface area contributed by atoms with E-state index in [9.17, 15) is 14.4 Å². The number of fused-ring (bicyclic) bond motifs is 1. The Bertz CT molecular complexity index is 908. The van der Waals surface area contributed by atoms with Crippen LogP contribution in [-0.2, 0) is 27.2 Å². The third kappa shape index (κ3) is 5.91. The third-order valence-electron chi connectivity index (χ3n) is 5.09. The van der Waals surface area contributed by atoms with Crippen molar-refractivity contribution >= 4 is 29.3 Å². The second-order valence-corrected chi connectivity index (χ2v) is 7.70. The zero-order chi connectivity index (χ0) is 20.8. The van der Waals surface area contributed by atoms with Crippen LogP contribution in [0.2, 0.25) is 5.02 Å². The third-order valence-corrected chi connectivity index (χ3v) is 5.34. The quantitative estimate of drug-likeness (QED) is 0.519. The van der Waals surface area contributed by atoms with Gasteiger partial charge in [-0.1, -0.05) is 35.9 Å². The number of carbonyl (C=O) groups excluding carboxylic acids is 3. The highest BCUT2D eigenvalue weighted by atomic mass is 35.5. The van der Waals surface area contributed by atoms with E-state index in [0.717, 1.165) is 24.8 Å². The molecular weight excluding hydrogens is 390 g/mol. The van der Waals surface area contributed by atoms with E-state index in [1.54, 1.807) is 12.1 Å². The lowest BCUT2D eigenvalue weighted by molar-refractivity contribution is -0.148. The maximum absolute atomic E-state index is 12.3. The summed E-state index contributed by atoms with van der Waals surface area (Å²) in [6.07, 6.45) is 3.21. The van der Waals surface area contributed by atoms with Crippen molar-refractivity contribution in [3.63, 3.8) is 0 Å². The van der Waals surface area contributed by atoms with Crippen LogP contribution in [0.3, 0.4) is 0 Å². The second kappa shape index (κ2) is 9.70. The fraction of sp³-hybridized carbons (Fsp3) is 0.348. The van der Waals surface area contributed by atoms with Gasteiger partial charge in [-0.05, 0) is 61.1 Å². The van der Waals surface area contributed by atoms with Gasteiger partial charge >= 0.3 is 5.97 Å². The Labute approximate surface area is 175 Å². The van der Waals surface area contributed by atoms with Gasteiger partial charge in [-0.25, -0.2) is 0 Å². The van der Waals surface area contributed by atoms with Gasteiger partial charge in [-0.2, -0.15) is 0 Å². The maximum Gasteiger partial charge on any atom is 0.306 e. The molecule has 6 heteroatoms. The summed E-state index contributed by atoms with van der Waals surface area (Å²) in [6, 6.07) is 12.7. The lowest BCUT2D eigenvalue weighted by atomic mass is 10.0. The number of Topliss-reactive ketones (excluding diaryl/α,β-unsaturated/α-hetero) is 1. The van der Waals surface area contributed by atoms with Crippen molar-refractivity contribution in [2.75, 3.05) is 6.61 Å². The standard InChI is InChI=1S/C23H24ClNO4/c1-15(16-7-9-20(24)10-8-16)25-22(27)14-29-23(28)12-11-21(26)19-6-5-17-3-2-4-18(17)13-19/h5-10,13,15H,2-4,11-12,14H2,1H3,(H,25,27). The zero-order valence-electron chi connectivity index (χ0n) is 16.4. The summed E-state index contributed by atoms with van der Waals surface area (Å²) in [5.41, 5.74) is 4.06. The number of ether oxygens (including phenoxy) is 1. The van der Waals surface area contributed by atoms with Gasteiger partial charge in [0.05, 0.1) is 12.5 Å². The first-order valence-electron chi connectivity index (χ1n) is 9.78. The predicted octanol–water partition coefficient (Wildman–Crippen LogP) is 4.21. The Morgan fingerprint density at radius 2 is 1.76 bits per heavy atom. The van der Waals surface area contributed by atoms with Crippen molar-refractivity contribution in [3.8, 4) is 0 Å². The lowest BCUT2D eigenvalue weighted by Gasteiger charge is -2.14. The molecule has 1 aliphatic rings. The molecule has 0 heterocycles. The summed E-state index contributed by atoms with van der Waals surface area (Å²) < 4.78 is 5.00. The summed E-state index contributed by atoms with van der Waals surface area (Å²) in [5, 5.41) is 3.38.